The Morgan fingerprint density at radius 3 is 2.54 bits per heavy atom. The van der Waals surface area contributed by atoms with Crippen LogP contribution < -0.4 is 21.7 Å². The molecule has 0 spiro atoms. The fraction of sp³-hybridized carbons (Fsp3) is 0.0667. The number of nitrogens with two attached hydrogens (primary N) is 2. The molecule has 0 unspecified atom stereocenters. The van der Waals surface area contributed by atoms with E-state index in [9.17, 15) is 8.42 Å². The number of anilines is 3. The van der Waals surface area contributed by atoms with Crippen molar-refractivity contribution in [3.8, 4) is 11.1 Å². The average Bonchev–Trinajstić information content (AvgIpc) is 2.52. The summed E-state index contributed by atoms with van der Waals surface area (Å²) in [5, 5.41) is 0.679. The minimum atomic E-state index is -3.39. The molecular weight excluding hydrogens is 328 g/mol. The molecule has 8 nitrogen and oxygen atoms in total. The molecule has 0 aliphatic heterocycles. The van der Waals surface area contributed by atoms with Gasteiger partial charge in [0.15, 0.2) is 5.82 Å². The van der Waals surface area contributed by atoms with Crippen LogP contribution in [0.4, 0.5) is 17.5 Å². The van der Waals surface area contributed by atoms with Crippen molar-refractivity contribution in [3.05, 3.63) is 42.5 Å². The monoisotopic (exact) mass is 344 g/mol. The molecule has 0 fully saturated rings. The summed E-state index contributed by atoms with van der Waals surface area (Å²) in [4.78, 5) is 8.22. The minimum absolute atomic E-state index is 0.113. The number of nitrogens with one attached hydrogen (secondary N) is 2. The topological polar surface area (TPSA) is 136 Å². The van der Waals surface area contributed by atoms with Crippen LogP contribution >= 0.6 is 0 Å². The summed E-state index contributed by atoms with van der Waals surface area (Å²) in [6.07, 6.45) is 1.11. The van der Waals surface area contributed by atoms with Crippen LogP contribution in [-0.4, -0.2) is 24.6 Å². The lowest BCUT2D eigenvalue weighted by molar-refractivity contribution is 0.607. The molecule has 0 amide bonds. The molecule has 3 aromatic rings. The molecule has 0 aliphatic carbocycles. The first-order valence-electron chi connectivity index (χ1n) is 6.98. The van der Waals surface area contributed by atoms with Gasteiger partial charge >= 0.3 is 0 Å². The first-order chi connectivity index (χ1) is 11.4. The predicted molar refractivity (Wildman–Crippen MR) is 95.7 cm³/mol. The maximum atomic E-state index is 11.6. The van der Waals surface area contributed by atoms with Gasteiger partial charge in [0.25, 0.3) is 0 Å². The van der Waals surface area contributed by atoms with Crippen molar-refractivity contribution < 1.29 is 8.42 Å². The molecule has 0 saturated heterocycles. The number of hydrogen-bond acceptors (Lipinski definition) is 7. The fourth-order valence-electron chi connectivity index (χ4n) is 2.45. The van der Waals surface area contributed by atoms with Gasteiger partial charge < -0.3 is 11.2 Å². The third kappa shape index (κ3) is 3.21. The van der Waals surface area contributed by atoms with Gasteiger partial charge in [-0.2, -0.15) is 4.98 Å². The van der Waals surface area contributed by atoms with Crippen molar-refractivity contribution in [2.75, 3.05) is 22.1 Å². The van der Waals surface area contributed by atoms with Crippen molar-refractivity contribution >= 4 is 38.4 Å². The van der Waals surface area contributed by atoms with Crippen molar-refractivity contribution in [1.82, 2.24) is 9.97 Å². The number of benzene rings is 2. The van der Waals surface area contributed by atoms with E-state index in [1.807, 2.05) is 24.3 Å². The normalized spacial score (nSPS) is 11.4. The summed E-state index contributed by atoms with van der Waals surface area (Å²) in [7, 11) is -3.39. The molecule has 0 saturated carbocycles. The van der Waals surface area contributed by atoms with E-state index in [1.54, 1.807) is 18.2 Å². The second-order valence-electron chi connectivity index (χ2n) is 5.23. The third-order valence-electron chi connectivity index (χ3n) is 3.38. The summed E-state index contributed by atoms with van der Waals surface area (Å²) in [6.45, 7) is 0. The molecule has 0 bridgehead atoms. The van der Waals surface area contributed by atoms with Gasteiger partial charge in [0, 0.05) is 10.9 Å². The maximum Gasteiger partial charge on any atom is 0.229 e. The average molecular weight is 344 g/mol. The van der Waals surface area contributed by atoms with E-state index in [-0.39, 0.29) is 5.95 Å². The number of sulfonamides is 1. The molecule has 6 N–H and O–H groups in total. The number of fused-ring (bicyclic) bond motifs is 1. The van der Waals surface area contributed by atoms with Gasteiger partial charge in [0.1, 0.15) is 0 Å². The molecule has 0 atom stereocenters. The summed E-state index contributed by atoms with van der Waals surface area (Å²) >= 11 is 0. The Morgan fingerprint density at radius 1 is 1.08 bits per heavy atom. The Labute approximate surface area is 138 Å². The van der Waals surface area contributed by atoms with E-state index >= 15 is 0 Å². The second-order valence-corrected chi connectivity index (χ2v) is 6.97. The Morgan fingerprint density at radius 2 is 1.83 bits per heavy atom. The summed E-state index contributed by atoms with van der Waals surface area (Å²) < 4.78 is 25.6. The number of para-hydroxylation sites is 1. The first kappa shape index (κ1) is 16.0. The first-order valence-corrected chi connectivity index (χ1v) is 8.87. The smallest absolute Gasteiger partial charge is 0.229 e. The van der Waals surface area contributed by atoms with Gasteiger partial charge in [-0.05, 0) is 23.8 Å². The fourth-order valence-corrected chi connectivity index (χ4v) is 3.03. The number of nitrogen functional groups attached to an aromatic ring is 2. The van der Waals surface area contributed by atoms with E-state index in [2.05, 4.69) is 20.1 Å². The van der Waals surface area contributed by atoms with Crippen molar-refractivity contribution in [2.45, 2.75) is 0 Å². The van der Waals surface area contributed by atoms with Gasteiger partial charge in [0.05, 0.1) is 17.5 Å². The highest BCUT2D eigenvalue weighted by Crippen LogP contribution is 2.32. The number of hydrogen-bond donors (Lipinski definition) is 4. The Balaban J connectivity index is 2.19. The Hall–Kier alpha value is -2.91. The Bertz CT molecular complexity index is 1020. The number of rotatable bonds is 4. The van der Waals surface area contributed by atoms with Gasteiger partial charge in [-0.25, -0.2) is 19.2 Å². The minimum Gasteiger partial charge on any atom is -0.368 e. The zero-order chi connectivity index (χ0) is 17.3. The number of hydrazine groups is 1. The molecule has 124 valence electrons. The van der Waals surface area contributed by atoms with Crippen LogP contribution in [-0.2, 0) is 10.0 Å². The van der Waals surface area contributed by atoms with E-state index in [4.69, 9.17) is 11.6 Å². The highest BCUT2D eigenvalue weighted by atomic mass is 32.2. The SMILES string of the molecule is CS(=O)(=O)Nc1ccccc1-c1ccc2nc(N)nc(NN)c2c1. The largest absolute Gasteiger partial charge is 0.368 e. The lowest BCUT2D eigenvalue weighted by Crippen LogP contribution is -2.11. The van der Waals surface area contributed by atoms with Gasteiger partial charge in [-0.1, -0.05) is 24.3 Å². The molecule has 1 aromatic heterocycles. The Kier molecular flexibility index (Phi) is 3.96. The molecule has 9 heteroatoms. The quantitative estimate of drug-likeness (QED) is 0.416. The molecule has 2 aromatic carbocycles. The lowest BCUT2D eigenvalue weighted by atomic mass is 10.0. The zero-order valence-corrected chi connectivity index (χ0v) is 13.6. The van der Waals surface area contributed by atoms with E-state index in [0.29, 0.717) is 22.4 Å². The van der Waals surface area contributed by atoms with Gasteiger partial charge in [-0.15, -0.1) is 0 Å². The lowest BCUT2D eigenvalue weighted by Gasteiger charge is -2.12. The van der Waals surface area contributed by atoms with E-state index < -0.39 is 10.0 Å². The van der Waals surface area contributed by atoms with Crippen molar-refractivity contribution in [2.24, 2.45) is 5.84 Å². The van der Waals surface area contributed by atoms with Crippen LogP contribution in [0.3, 0.4) is 0 Å². The van der Waals surface area contributed by atoms with Crippen molar-refractivity contribution in [1.29, 1.82) is 0 Å². The summed E-state index contributed by atoms with van der Waals surface area (Å²) in [5.74, 6) is 6.01. The molecule has 0 radical (unpaired) electrons. The highest BCUT2D eigenvalue weighted by Gasteiger charge is 2.11. The number of aromatic nitrogens is 2. The summed E-state index contributed by atoms with van der Waals surface area (Å²) in [5.41, 5.74) is 10.8. The van der Waals surface area contributed by atoms with E-state index in [1.165, 1.54) is 0 Å². The molecule has 3 rings (SSSR count). The molecule has 0 aliphatic rings. The molecule has 1 heterocycles. The molecule has 24 heavy (non-hydrogen) atoms. The van der Waals surface area contributed by atoms with Crippen LogP contribution in [0.5, 0.6) is 0 Å². The second kappa shape index (κ2) is 5.95. The van der Waals surface area contributed by atoms with Crippen molar-refractivity contribution in [3.63, 3.8) is 0 Å². The molecular formula is C15H16N6O2S. The van der Waals surface area contributed by atoms with Crippen LogP contribution in [0.25, 0.3) is 22.0 Å². The van der Waals surface area contributed by atoms with Gasteiger partial charge in [-0.3, -0.25) is 4.72 Å². The van der Waals surface area contributed by atoms with Crippen LogP contribution in [0.15, 0.2) is 42.5 Å². The third-order valence-corrected chi connectivity index (χ3v) is 3.97. The van der Waals surface area contributed by atoms with Crippen LogP contribution in [0.2, 0.25) is 0 Å². The van der Waals surface area contributed by atoms with Crippen LogP contribution in [0.1, 0.15) is 0 Å². The predicted octanol–water partition coefficient (Wildman–Crippen LogP) is 1.54. The highest BCUT2D eigenvalue weighted by molar-refractivity contribution is 7.92. The van der Waals surface area contributed by atoms with Crippen LogP contribution in [0, 0.1) is 0 Å². The van der Waals surface area contributed by atoms with Gasteiger partial charge in [0.2, 0.25) is 16.0 Å². The maximum absolute atomic E-state index is 11.6. The summed E-state index contributed by atoms with van der Waals surface area (Å²) in [6, 6.07) is 12.5. The zero-order valence-electron chi connectivity index (χ0n) is 12.8. The number of nitrogens with zero attached hydrogens (tertiary/aromatic N) is 2. The van der Waals surface area contributed by atoms with E-state index in [0.717, 1.165) is 17.4 Å². The standard InChI is InChI=1S/C15H16N6O2S/c1-24(22,23)21-13-5-3-2-4-10(13)9-6-7-12-11(8-9)14(20-17)19-15(16)18-12/h2-8,21H,17H2,1H3,(H3,16,18,19,20).